The third-order valence-corrected chi connectivity index (χ3v) is 3.20. The first-order chi connectivity index (χ1) is 9.20. The second-order valence-corrected chi connectivity index (χ2v) is 4.31. The van der Waals surface area contributed by atoms with Gasteiger partial charge in [0.15, 0.2) is 0 Å². The van der Waals surface area contributed by atoms with Crippen LogP contribution in [0.25, 0.3) is 0 Å². The third kappa shape index (κ3) is 1.85. The summed E-state index contributed by atoms with van der Waals surface area (Å²) < 4.78 is 32.7. The van der Waals surface area contributed by atoms with Crippen molar-refractivity contribution in [3.8, 4) is 6.07 Å². The fourth-order valence-electron chi connectivity index (χ4n) is 2.29. The minimum absolute atomic E-state index is 0.157. The lowest BCUT2D eigenvalue weighted by Crippen LogP contribution is -2.30. The molecule has 0 unspecified atom stereocenters. The maximum atomic E-state index is 13.1. The highest BCUT2D eigenvalue weighted by Crippen LogP contribution is 2.39. The van der Waals surface area contributed by atoms with Crippen molar-refractivity contribution >= 4 is 5.82 Å². The van der Waals surface area contributed by atoms with Gasteiger partial charge in [-0.3, -0.25) is 0 Å². The number of furan rings is 1. The van der Waals surface area contributed by atoms with Gasteiger partial charge in [-0.1, -0.05) is 0 Å². The van der Waals surface area contributed by atoms with E-state index in [2.05, 4.69) is 10.4 Å². The lowest BCUT2D eigenvalue weighted by Gasteiger charge is -2.30. The van der Waals surface area contributed by atoms with Gasteiger partial charge < -0.3 is 9.73 Å². The van der Waals surface area contributed by atoms with Crippen LogP contribution in [0.5, 0.6) is 0 Å². The van der Waals surface area contributed by atoms with Crippen molar-refractivity contribution < 1.29 is 13.2 Å². The van der Waals surface area contributed by atoms with Gasteiger partial charge in [0.05, 0.1) is 18.5 Å². The molecule has 7 heteroatoms. The van der Waals surface area contributed by atoms with Crippen molar-refractivity contribution in [1.82, 2.24) is 9.78 Å². The second-order valence-electron chi connectivity index (χ2n) is 4.31. The van der Waals surface area contributed by atoms with Crippen LogP contribution < -0.4 is 5.32 Å². The van der Waals surface area contributed by atoms with E-state index in [0.29, 0.717) is 11.6 Å². The van der Waals surface area contributed by atoms with Crippen molar-refractivity contribution in [3.63, 3.8) is 0 Å². The number of nitrogens with one attached hydrogen (secondary N) is 1. The average molecular weight is 264 g/mol. The molecule has 1 aliphatic rings. The molecule has 5 nitrogen and oxygen atoms in total. The van der Waals surface area contributed by atoms with Gasteiger partial charge in [0, 0.05) is 6.42 Å². The van der Waals surface area contributed by atoms with E-state index < -0.39 is 12.5 Å². The van der Waals surface area contributed by atoms with Gasteiger partial charge in [-0.2, -0.15) is 10.4 Å². The average Bonchev–Trinajstić information content (AvgIpc) is 3.06. The van der Waals surface area contributed by atoms with Crippen LogP contribution in [0.1, 0.15) is 29.8 Å². The molecule has 3 heterocycles. The van der Waals surface area contributed by atoms with E-state index in [1.165, 1.54) is 17.1 Å². The van der Waals surface area contributed by atoms with Crippen LogP contribution in [-0.2, 0) is 0 Å². The lowest BCUT2D eigenvalue weighted by atomic mass is 10.0. The van der Waals surface area contributed by atoms with Crippen molar-refractivity contribution in [2.24, 2.45) is 0 Å². The van der Waals surface area contributed by atoms with Crippen LogP contribution in [-0.4, -0.2) is 16.2 Å². The molecule has 0 fully saturated rings. The summed E-state index contributed by atoms with van der Waals surface area (Å²) in [5.74, 6) is 0.891. The molecule has 0 aromatic carbocycles. The summed E-state index contributed by atoms with van der Waals surface area (Å²) in [6.07, 6.45) is 0.392. The summed E-state index contributed by atoms with van der Waals surface area (Å²) in [5, 5.41) is 15.9. The van der Waals surface area contributed by atoms with Crippen LogP contribution in [0.3, 0.4) is 0 Å². The van der Waals surface area contributed by atoms with Gasteiger partial charge in [0.1, 0.15) is 29.3 Å². The summed E-state index contributed by atoms with van der Waals surface area (Å²) in [6.45, 7) is 0. The number of anilines is 1. The van der Waals surface area contributed by atoms with Crippen LogP contribution in [0, 0.1) is 11.3 Å². The molecule has 0 saturated heterocycles. The van der Waals surface area contributed by atoms with Gasteiger partial charge in [0.25, 0.3) is 6.43 Å². The normalized spacial score (nSPS) is 21.8. The lowest BCUT2D eigenvalue weighted by molar-refractivity contribution is 0.0645. The fraction of sp³-hybridized carbons (Fsp3) is 0.333. The van der Waals surface area contributed by atoms with E-state index in [-0.39, 0.29) is 18.0 Å². The number of fused-ring (bicyclic) bond motifs is 1. The molecule has 98 valence electrons. The van der Waals surface area contributed by atoms with E-state index in [1.807, 2.05) is 6.07 Å². The Balaban J connectivity index is 2.02. The van der Waals surface area contributed by atoms with Gasteiger partial charge >= 0.3 is 0 Å². The number of alkyl halides is 2. The molecule has 2 atom stereocenters. The first-order valence-electron chi connectivity index (χ1n) is 5.76. The van der Waals surface area contributed by atoms with Crippen LogP contribution >= 0.6 is 0 Å². The van der Waals surface area contributed by atoms with E-state index in [1.54, 1.807) is 12.1 Å². The minimum Gasteiger partial charge on any atom is -0.467 e. The molecule has 2 aromatic heterocycles. The zero-order valence-electron chi connectivity index (χ0n) is 9.75. The Bertz CT molecular complexity index is 614. The molecule has 0 aliphatic carbocycles. The standard InChI is InChI=1S/C12H10F2N4O/c13-11(14)9-4-8(10-2-1-3-19-10)17-12-7(5-15)6-16-18(9)12/h1-3,6,8-9,11,17H,4H2/t8-,9-/m1/s1. The zero-order valence-corrected chi connectivity index (χ0v) is 9.75. The van der Waals surface area contributed by atoms with Crippen molar-refractivity contribution in [3.05, 3.63) is 35.9 Å². The first kappa shape index (κ1) is 11.7. The van der Waals surface area contributed by atoms with E-state index in [0.717, 1.165) is 0 Å². The number of nitriles is 1. The number of aromatic nitrogens is 2. The summed E-state index contributed by atoms with van der Waals surface area (Å²) in [6, 6.07) is 3.91. The molecule has 0 amide bonds. The SMILES string of the molecule is N#Cc1cnn2c1N[C@@H](c1ccco1)C[C@@H]2C(F)F. The minimum atomic E-state index is -2.55. The number of halogens is 2. The van der Waals surface area contributed by atoms with Crippen molar-refractivity contribution in [1.29, 1.82) is 5.26 Å². The van der Waals surface area contributed by atoms with Crippen molar-refractivity contribution in [2.75, 3.05) is 5.32 Å². The number of rotatable bonds is 2. The van der Waals surface area contributed by atoms with Crippen LogP contribution in [0.15, 0.2) is 29.0 Å². The van der Waals surface area contributed by atoms with Crippen molar-refractivity contribution in [2.45, 2.75) is 24.9 Å². The van der Waals surface area contributed by atoms with E-state index >= 15 is 0 Å². The molecular weight excluding hydrogens is 254 g/mol. The van der Waals surface area contributed by atoms with Crippen LogP contribution in [0.4, 0.5) is 14.6 Å². The Morgan fingerprint density at radius 1 is 1.58 bits per heavy atom. The molecule has 19 heavy (non-hydrogen) atoms. The second kappa shape index (κ2) is 4.39. The summed E-state index contributed by atoms with van der Waals surface area (Å²) in [7, 11) is 0. The number of nitrogens with zero attached hydrogens (tertiary/aromatic N) is 3. The van der Waals surface area contributed by atoms with Crippen LogP contribution in [0.2, 0.25) is 0 Å². The molecule has 1 N–H and O–H groups in total. The molecule has 2 aromatic rings. The Labute approximate surface area is 107 Å². The number of hydrogen-bond acceptors (Lipinski definition) is 4. The smallest absolute Gasteiger partial charge is 0.260 e. The quantitative estimate of drug-likeness (QED) is 0.905. The topological polar surface area (TPSA) is 66.8 Å². The van der Waals surface area contributed by atoms with Gasteiger partial charge in [-0.05, 0) is 12.1 Å². The molecule has 0 saturated carbocycles. The molecular formula is C12H10F2N4O. The van der Waals surface area contributed by atoms with E-state index in [4.69, 9.17) is 9.68 Å². The molecule has 1 aliphatic heterocycles. The highest BCUT2D eigenvalue weighted by molar-refractivity contribution is 5.54. The summed E-state index contributed by atoms with van der Waals surface area (Å²) >= 11 is 0. The third-order valence-electron chi connectivity index (χ3n) is 3.20. The maximum absolute atomic E-state index is 13.1. The highest BCUT2D eigenvalue weighted by Gasteiger charge is 2.36. The Hall–Kier alpha value is -2.36. The maximum Gasteiger partial charge on any atom is 0.260 e. The molecule has 0 radical (unpaired) electrons. The highest BCUT2D eigenvalue weighted by atomic mass is 19.3. The predicted octanol–water partition coefficient (Wildman–Crippen LogP) is 2.71. The van der Waals surface area contributed by atoms with Gasteiger partial charge in [0.2, 0.25) is 0 Å². The Morgan fingerprint density at radius 2 is 2.42 bits per heavy atom. The largest absolute Gasteiger partial charge is 0.467 e. The van der Waals surface area contributed by atoms with Gasteiger partial charge in [-0.25, -0.2) is 13.5 Å². The Kier molecular flexibility index (Phi) is 2.71. The Morgan fingerprint density at radius 3 is 3.05 bits per heavy atom. The van der Waals surface area contributed by atoms with E-state index in [9.17, 15) is 8.78 Å². The fourth-order valence-corrected chi connectivity index (χ4v) is 2.29. The molecule has 3 rings (SSSR count). The first-order valence-corrected chi connectivity index (χ1v) is 5.76. The zero-order chi connectivity index (χ0) is 13.4. The van der Waals surface area contributed by atoms with Gasteiger partial charge in [-0.15, -0.1) is 0 Å². The monoisotopic (exact) mass is 264 g/mol. The molecule has 0 bridgehead atoms. The number of hydrogen-bond donors (Lipinski definition) is 1. The molecule has 0 spiro atoms. The summed E-state index contributed by atoms with van der Waals surface area (Å²) in [5.41, 5.74) is 0.252. The predicted molar refractivity (Wildman–Crippen MR) is 61.7 cm³/mol. The summed E-state index contributed by atoms with van der Waals surface area (Å²) in [4.78, 5) is 0.